The molecule has 0 fully saturated rings. The van der Waals surface area contributed by atoms with Crippen LogP contribution in [0.1, 0.15) is 5.56 Å². The summed E-state index contributed by atoms with van der Waals surface area (Å²) >= 11 is 0.801. The van der Waals surface area contributed by atoms with Gasteiger partial charge in [-0.3, -0.25) is 0 Å². The summed E-state index contributed by atoms with van der Waals surface area (Å²) in [7, 11) is -9.69. The highest BCUT2D eigenvalue weighted by atomic mass is 32.5. The van der Waals surface area contributed by atoms with E-state index in [1.54, 1.807) is 0 Å². The molecule has 1 rings (SSSR count). The van der Waals surface area contributed by atoms with Gasteiger partial charge in [-0.25, -0.2) is 10.6 Å². The van der Waals surface area contributed by atoms with E-state index in [-0.39, 0.29) is 28.5 Å². The third-order valence-electron chi connectivity index (χ3n) is 2.36. The predicted molar refractivity (Wildman–Crippen MR) is 75.3 cm³/mol. The molecule has 0 atom stereocenters. The van der Waals surface area contributed by atoms with Gasteiger partial charge in [-0.05, 0) is 17.7 Å². The molecule has 0 heterocycles. The van der Waals surface area contributed by atoms with Gasteiger partial charge in [0.05, 0.1) is 0 Å². The average molecular weight is 365 g/mol. The van der Waals surface area contributed by atoms with Crippen molar-refractivity contribution < 1.29 is 29.3 Å². The van der Waals surface area contributed by atoms with Crippen molar-refractivity contribution in [2.45, 2.75) is 10.6 Å². The zero-order chi connectivity index (χ0) is 17.2. The minimum atomic E-state index is -9.69. The highest BCUT2D eigenvalue weighted by molar-refractivity contribution is 8.45. The molecule has 0 saturated carbocycles. The first-order valence-corrected chi connectivity index (χ1v) is 8.34. The molecule has 1 aromatic rings. The van der Waals surface area contributed by atoms with Gasteiger partial charge in [0.25, 0.3) is 0 Å². The molecule has 0 aromatic heterocycles. The van der Waals surface area contributed by atoms with Crippen LogP contribution in [0.25, 0.3) is 0 Å². The molecule has 0 aliphatic heterocycles. The molecule has 0 bridgehead atoms. The van der Waals surface area contributed by atoms with Crippen molar-refractivity contribution in [3.05, 3.63) is 40.6 Å². The number of nitrogens with two attached hydrogens (primary N) is 2. The molecule has 5 nitrogen and oxygen atoms in total. The molecule has 0 saturated heterocycles. The van der Waals surface area contributed by atoms with Gasteiger partial charge in [0, 0.05) is 5.75 Å². The summed E-state index contributed by atoms with van der Waals surface area (Å²) in [6.07, 6.45) is 0. The van der Waals surface area contributed by atoms with Gasteiger partial charge in [0.15, 0.2) is 0 Å². The summed E-state index contributed by atoms with van der Waals surface area (Å²) in [5.74, 6) is 3.62. The number of carboxylic acid groups (broad SMARTS) is 1. The number of halogens is 5. The summed E-state index contributed by atoms with van der Waals surface area (Å²) in [4.78, 5) is 8.65. The van der Waals surface area contributed by atoms with Crippen molar-refractivity contribution in [3.8, 4) is 0 Å². The summed E-state index contributed by atoms with van der Waals surface area (Å²) in [6.45, 7) is 0. The topological polar surface area (TPSA) is 101 Å². The summed E-state index contributed by atoms with van der Waals surface area (Å²) in [5.41, 5.74) is 6.95. The molecule has 126 valence electrons. The fourth-order valence-electron chi connectivity index (χ4n) is 1.29. The smallest absolute Gasteiger partial charge is 0.354 e. The quantitative estimate of drug-likeness (QED) is 0.267. The molecule has 0 radical (unpaired) electrons. The molecule has 0 aliphatic rings. The van der Waals surface area contributed by atoms with Gasteiger partial charge in [0.1, 0.15) is 15.6 Å². The Balaban J connectivity index is 2.91. The molecule has 22 heavy (non-hydrogen) atoms. The van der Waals surface area contributed by atoms with Crippen LogP contribution >= 0.6 is 22.0 Å². The Kier molecular flexibility index (Phi) is 4.35. The van der Waals surface area contributed by atoms with Crippen LogP contribution in [-0.4, -0.2) is 11.1 Å². The van der Waals surface area contributed by atoms with Crippen molar-refractivity contribution in [2.24, 2.45) is 11.6 Å². The third-order valence-corrected chi connectivity index (χ3v) is 4.63. The first kappa shape index (κ1) is 18.4. The Bertz CT molecular complexity index is 616. The van der Waals surface area contributed by atoms with Gasteiger partial charge >= 0.3 is 16.2 Å². The molecule has 0 aliphatic carbocycles. The van der Waals surface area contributed by atoms with Crippen molar-refractivity contribution in [1.82, 2.24) is 5.43 Å². The van der Waals surface area contributed by atoms with Crippen LogP contribution in [0.15, 0.2) is 39.9 Å². The number of benzene rings is 1. The average Bonchev–Trinajstić information content (AvgIpc) is 2.37. The Labute approximate surface area is 126 Å². The predicted octanol–water partition coefficient (Wildman–Crippen LogP) is 3.25. The second kappa shape index (κ2) is 5.21. The molecular weight excluding hydrogens is 353 g/mol. The molecule has 12 heteroatoms. The molecule has 1 aromatic carbocycles. The third kappa shape index (κ3) is 4.96. The van der Waals surface area contributed by atoms with Crippen LogP contribution in [-0.2, 0) is 10.5 Å². The summed E-state index contributed by atoms with van der Waals surface area (Å²) in [5, 5.41) is 8.56. The fraction of sp³-hybridized carbons (Fsp3) is 0.100. The maximum atomic E-state index is 12.5. The van der Waals surface area contributed by atoms with Crippen molar-refractivity contribution in [2.75, 3.05) is 0 Å². The van der Waals surface area contributed by atoms with E-state index >= 15 is 0 Å². The van der Waals surface area contributed by atoms with E-state index in [0.717, 1.165) is 23.9 Å². The summed E-state index contributed by atoms with van der Waals surface area (Å²) < 4.78 is 62.6. The van der Waals surface area contributed by atoms with E-state index in [9.17, 15) is 24.2 Å². The number of hydrazine groups is 1. The van der Waals surface area contributed by atoms with Crippen molar-refractivity contribution in [3.63, 3.8) is 0 Å². The standard InChI is InChI=1S/C10H12F5N3O2S2/c11-22(12,13,14,15)7-3-1-6(2-4-7)5-21-9(18-17)8(16)10(19)20/h1-4,18H,5,16-17H2,(H,19,20)/b9-8+. The van der Waals surface area contributed by atoms with Gasteiger partial charge in [0.2, 0.25) is 0 Å². The van der Waals surface area contributed by atoms with E-state index in [1.807, 2.05) is 5.43 Å². The normalized spacial score (nSPS) is 16.3. The first-order valence-electron chi connectivity index (χ1n) is 5.40. The highest BCUT2D eigenvalue weighted by Gasteiger charge is 2.65. The summed E-state index contributed by atoms with van der Waals surface area (Å²) in [6, 6.07) is 2.28. The van der Waals surface area contributed by atoms with Gasteiger partial charge < -0.3 is 16.3 Å². The van der Waals surface area contributed by atoms with E-state index in [0.29, 0.717) is 0 Å². The van der Waals surface area contributed by atoms with Crippen LogP contribution in [0.5, 0.6) is 0 Å². The zero-order valence-electron chi connectivity index (χ0n) is 10.7. The van der Waals surface area contributed by atoms with Crippen LogP contribution in [0, 0.1) is 0 Å². The van der Waals surface area contributed by atoms with Crippen LogP contribution in [0.3, 0.4) is 0 Å². The molecule has 0 spiro atoms. The maximum absolute atomic E-state index is 12.5. The lowest BCUT2D eigenvalue weighted by molar-refractivity contribution is -0.132. The minimum absolute atomic E-state index is 0.0197. The fourth-order valence-corrected chi connectivity index (χ4v) is 2.77. The van der Waals surface area contributed by atoms with Crippen molar-refractivity contribution in [1.29, 1.82) is 0 Å². The number of nitrogens with one attached hydrogen (secondary N) is 1. The van der Waals surface area contributed by atoms with Gasteiger partial charge in [-0.1, -0.05) is 31.6 Å². The molecule has 0 unspecified atom stereocenters. The van der Waals surface area contributed by atoms with Crippen LogP contribution < -0.4 is 17.0 Å². The largest absolute Gasteiger partial charge is 0.477 e. The molecular formula is C10H12F5N3O2S2. The number of hydrogen-bond acceptors (Lipinski definition) is 5. The molecule has 6 N–H and O–H groups in total. The zero-order valence-corrected chi connectivity index (χ0v) is 12.4. The number of rotatable bonds is 6. The number of carbonyl (C=O) groups is 1. The SMILES string of the molecule is NN/C(SCc1ccc(S(F)(F)(F)(F)F)cc1)=C(\N)C(=O)O. The number of aliphatic carboxylic acids is 1. The van der Waals surface area contributed by atoms with Gasteiger partial charge in [-0.2, -0.15) is 0 Å². The van der Waals surface area contributed by atoms with Crippen molar-refractivity contribution >= 4 is 28.0 Å². The van der Waals surface area contributed by atoms with E-state index in [1.165, 1.54) is 0 Å². The Morgan fingerprint density at radius 2 is 1.68 bits per heavy atom. The lowest BCUT2D eigenvalue weighted by Crippen LogP contribution is -2.26. The number of carboxylic acids is 1. The minimum Gasteiger partial charge on any atom is -0.477 e. The maximum Gasteiger partial charge on any atom is 0.354 e. The number of hydrogen-bond donors (Lipinski definition) is 4. The lowest BCUT2D eigenvalue weighted by Gasteiger charge is -2.40. The first-order chi connectivity index (χ1) is 9.74. The van der Waals surface area contributed by atoms with Gasteiger partial charge in [-0.15, -0.1) is 11.8 Å². The Morgan fingerprint density at radius 3 is 2.05 bits per heavy atom. The Hall–Kier alpha value is -1.66. The number of thioether (sulfide) groups is 1. The lowest BCUT2D eigenvalue weighted by atomic mass is 10.2. The monoisotopic (exact) mass is 365 g/mol. The molecule has 0 amide bonds. The van der Waals surface area contributed by atoms with Crippen LogP contribution in [0.2, 0.25) is 0 Å². The second-order valence-corrected chi connectivity index (χ2v) is 7.49. The second-order valence-electron chi connectivity index (χ2n) is 4.09. The Morgan fingerprint density at radius 1 is 1.18 bits per heavy atom. The van der Waals surface area contributed by atoms with Crippen LogP contribution in [0.4, 0.5) is 19.4 Å². The van der Waals surface area contributed by atoms with E-state index in [4.69, 9.17) is 16.7 Å². The van der Waals surface area contributed by atoms with E-state index < -0.39 is 26.8 Å². The highest BCUT2D eigenvalue weighted by Crippen LogP contribution is 3.02. The van der Waals surface area contributed by atoms with E-state index in [2.05, 4.69) is 0 Å².